The maximum absolute atomic E-state index is 13.6. The van der Waals surface area contributed by atoms with Crippen LogP contribution in [0.1, 0.15) is 12.5 Å². The van der Waals surface area contributed by atoms with E-state index in [0.717, 1.165) is 21.9 Å². The highest BCUT2D eigenvalue weighted by molar-refractivity contribution is 7.17. The van der Waals surface area contributed by atoms with Crippen molar-refractivity contribution in [3.63, 3.8) is 0 Å². The molecule has 0 fully saturated rings. The third-order valence-corrected chi connectivity index (χ3v) is 5.57. The van der Waals surface area contributed by atoms with E-state index in [1.54, 1.807) is 12.4 Å². The summed E-state index contributed by atoms with van der Waals surface area (Å²) in [5.41, 5.74) is 4.91. The fraction of sp³-hybridized carbons (Fsp3) is 0.227. The van der Waals surface area contributed by atoms with E-state index in [1.165, 1.54) is 5.56 Å². The second-order valence-corrected chi connectivity index (χ2v) is 7.54. The number of alkyl halides is 1. The number of nitrogens with one attached hydrogen (secondary N) is 2. The molecule has 0 aliphatic rings. The van der Waals surface area contributed by atoms with E-state index in [0.29, 0.717) is 6.54 Å². The zero-order valence-corrected chi connectivity index (χ0v) is 16.8. The Morgan fingerprint density at radius 3 is 2.39 bits per heavy atom. The van der Waals surface area contributed by atoms with E-state index >= 15 is 0 Å². The number of halogens is 1. The van der Waals surface area contributed by atoms with Gasteiger partial charge in [0.15, 0.2) is 0 Å². The highest BCUT2D eigenvalue weighted by atomic mass is 31.0. The van der Waals surface area contributed by atoms with Crippen molar-refractivity contribution in [1.82, 2.24) is 10.8 Å². The quantitative estimate of drug-likeness (QED) is 0.316. The summed E-state index contributed by atoms with van der Waals surface area (Å²) in [4.78, 5) is 11.9. The molecule has 6 heteroatoms. The normalized spacial score (nSPS) is 14.4. The lowest BCUT2D eigenvalue weighted by molar-refractivity contribution is -0.133. The lowest BCUT2D eigenvalue weighted by atomic mass is 9.99. The summed E-state index contributed by atoms with van der Waals surface area (Å²) < 4.78 is 13.6. The van der Waals surface area contributed by atoms with Crippen molar-refractivity contribution in [3.05, 3.63) is 72.3 Å². The summed E-state index contributed by atoms with van der Waals surface area (Å²) in [7, 11) is 2.05. The van der Waals surface area contributed by atoms with Crippen LogP contribution in [0.15, 0.2) is 66.7 Å². The Bertz CT molecular complexity index is 950. The Hall–Kier alpha value is -2.33. The average Bonchev–Trinajstić information content (AvgIpc) is 2.73. The molecule has 1 amide bonds. The molecular weight excluding hydrogens is 374 g/mol. The number of benzene rings is 3. The third-order valence-electron chi connectivity index (χ3n) is 4.96. The molecule has 0 aliphatic carbocycles. The maximum atomic E-state index is 13.6. The average molecular weight is 398 g/mol. The van der Waals surface area contributed by atoms with E-state index in [9.17, 15) is 9.18 Å². The minimum absolute atomic E-state index is 0.385. The van der Waals surface area contributed by atoms with E-state index in [1.807, 2.05) is 36.4 Å². The topological polar surface area (TPSA) is 61.4 Å². The zero-order chi connectivity index (χ0) is 20.1. The van der Waals surface area contributed by atoms with E-state index in [2.05, 4.69) is 44.9 Å². The summed E-state index contributed by atoms with van der Waals surface area (Å²) in [6.07, 6.45) is 0. The maximum Gasteiger partial charge on any atom is 0.260 e. The molecule has 3 aromatic carbocycles. The van der Waals surface area contributed by atoms with Gasteiger partial charge in [-0.05, 0) is 39.6 Å². The molecule has 4 unspecified atom stereocenters. The summed E-state index contributed by atoms with van der Waals surface area (Å²) in [5, 5.41) is 14.2. The minimum Gasteiger partial charge on any atom is -0.301 e. The number of hydrogen-bond donors (Lipinski definition) is 3. The van der Waals surface area contributed by atoms with Crippen molar-refractivity contribution < 1.29 is 14.4 Å². The molecule has 0 bridgehead atoms. The van der Waals surface area contributed by atoms with Crippen molar-refractivity contribution in [2.75, 3.05) is 0 Å². The first-order valence-corrected chi connectivity index (χ1v) is 9.81. The van der Waals surface area contributed by atoms with Gasteiger partial charge in [-0.3, -0.25) is 10.0 Å². The smallest absolute Gasteiger partial charge is 0.260 e. The number of carbonyl (C=O) groups excluding carboxylic acids is 1. The monoisotopic (exact) mass is 398 g/mol. The summed E-state index contributed by atoms with van der Waals surface area (Å²) >= 11 is 0. The fourth-order valence-electron chi connectivity index (χ4n) is 3.21. The zero-order valence-electron chi connectivity index (χ0n) is 15.6. The fourth-order valence-corrected chi connectivity index (χ4v) is 3.44. The molecule has 0 heterocycles. The Morgan fingerprint density at radius 2 is 1.71 bits per heavy atom. The molecule has 0 aliphatic heterocycles. The van der Waals surface area contributed by atoms with Crippen LogP contribution in [0.2, 0.25) is 0 Å². The number of amides is 1. The van der Waals surface area contributed by atoms with Crippen LogP contribution >= 0.6 is 9.24 Å². The van der Waals surface area contributed by atoms with Gasteiger partial charge in [0.1, 0.15) is 5.91 Å². The van der Waals surface area contributed by atoms with Crippen molar-refractivity contribution >= 4 is 25.9 Å². The third kappa shape index (κ3) is 4.74. The van der Waals surface area contributed by atoms with Gasteiger partial charge < -0.3 is 5.32 Å². The van der Waals surface area contributed by atoms with E-state index in [-0.39, 0.29) is 0 Å². The molecule has 0 saturated carbocycles. The molecule has 4 atom stereocenters. The highest BCUT2D eigenvalue weighted by Gasteiger charge is 2.28. The van der Waals surface area contributed by atoms with Crippen LogP contribution in [0, 0.1) is 5.92 Å². The minimum atomic E-state index is -1.26. The van der Waals surface area contributed by atoms with Crippen LogP contribution in [0.3, 0.4) is 0 Å². The predicted octanol–water partition coefficient (Wildman–Crippen LogP) is 4.28. The molecule has 3 N–H and O–H groups in total. The van der Waals surface area contributed by atoms with Gasteiger partial charge in [0.2, 0.25) is 0 Å². The molecule has 0 aromatic heterocycles. The molecule has 146 valence electrons. The van der Waals surface area contributed by atoms with Crippen LogP contribution in [-0.2, 0) is 11.3 Å². The first-order chi connectivity index (χ1) is 13.5. The summed E-state index contributed by atoms with van der Waals surface area (Å²) in [5.74, 6) is -2.51. The van der Waals surface area contributed by atoms with Crippen LogP contribution in [0.25, 0.3) is 21.9 Å². The van der Waals surface area contributed by atoms with Crippen molar-refractivity contribution in [1.29, 1.82) is 0 Å². The Labute approximate surface area is 166 Å². The molecule has 0 spiro atoms. The molecule has 3 aromatic rings. The van der Waals surface area contributed by atoms with Crippen LogP contribution in [0.5, 0.6) is 0 Å². The Kier molecular flexibility index (Phi) is 6.74. The molecule has 0 saturated heterocycles. The summed E-state index contributed by atoms with van der Waals surface area (Å²) in [6, 6.07) is 21.7. The highest BCUT2D eigenvalue weighted by Crippen LogP contribution is 2.25. The van der Waals surface area contributed by atoms with Gasteiger partial charge in [-0.25, -0.2) is 9.87 Å². The van der Waals surface area contributed by atoms with Gasteiger partial charge in [-0.15, -0.1) is 9.24 Å². The SMILES string of the molecule is CC(C(F)P)C(NCc1ccc2cc(-c3ccccc3)ccc2c1)C(=O)NO. The molecule has 4 nitrogen and oxygen atoms in total. The second kappa shape index (κ2) is 9.24. The van der Waals surface area contributed by atoms with Gasteiger partial charge in [0, 0.05) is 12.5 Å². The number of rotatable bonds is 7. The first-order valence-electron chi connectivity index (χ1n) is 9.14. The summed E-state index contributed by atoms with van der Waals surface area (Å²) in [6.45, 7) is 2.01. The van der Waals surface area contributed by atoms with Crippen molar-refractivity contribution in [3.8, 4) is 11.1 Å². The molecule has 0 radical (unpaired) electrons. The van der Waals surface area contributed by atoms with Crippen LogP contribution in [0.4, 0.5) is 4.39 Å². The Morgan fingerprint density at radius 1 is 1.04 bits per heavy atom. The van der Waals surface area contributed by atoms with Gasteiger partial charge >= 0.3 is 0 Å². The molecule has 3 rings (SSSR count). The van der Waals surface area contributed by atoms with Crippen molar-refractivity contribution in [2.45, 2.75) is 25.4 Å². The number of hydroxylamine groups is 1. The largest absolute Gasteiger partial charge is 0.301 e. The first kappa shape index (κ1) is 20.4. The standard InChI is InChI=1S/C22H24FN2O2P/c1-14(21(23)28)20(22(26)25-27)24-13-15-7-8-19-12-18(10-9-17(19)11-15)16-5-3-2-4-6-16/h2-12,14,20-21,24,27H,13,28H2,1H3,(H,25,26). The second-order valence-electron chi connectivity index (χ2n) is 6.90. The van der Waals surface area contributed by atoms with E-state index in [4.69, 9.17) is 5.21 Å². The van der Waals surface area contributed by atoms with Gasteiger partial charge in [-0.1, -0.05) is 61.5 Å². The lowest BCUT2D eigenvalue weighted by Gasteiger charge is -2.24. The Balaban J connectivity index is 1.77. The van der Waals surface area contributed by atoms with Gasteiger partial charge in [0.25, 0.3) is 5.91 Å². The number of fused-ring (bicyclic) bond motifs is 1. The van der Waals surface area contributed by atoms with Crippen LogP contribution < -0.4 is 10.8 Å². The van der Waals surface area contributed by atoms with Gasteiger partial charge in [0.05, 0.1) is 6.04 Å². The molecule has 28 heavy (non-hydrogen) atoms. The van der Waals surface area contributed by atoms with Crippen molar-refractivity contribution in [2.24, 2.45) is 5.92 Å². The molecular formula is C22H24FN2O2P. The number of hydrogen-bond acceptors (Lipinski definition) is 3. The number of carbonyl (C=O) groups is 1. The van der Waals surface area contributed by atoms with Gasteiger partial charge in [-0.2, -0.15) is 0 Å². The predicted molar refractivity (Wildman–Crippen MR) is 114 cm³/mol. The van der Waals surface area contributed by atoms with E-state index < -0.39 is 23.8 Å². The lowest BCUT2D eigenvalue weighted by Crippen LogP contribution is -2.48. The van der Waals surface area contributed by atoms with Crippen LogP contribution in [-0.4, -0.2) is 23.1 Å².